The number of halogens is 1. The number of hydrogen-bond acceptors (Lipinski definition) is 4. The molecule has 4 rings (SSSR count). The largest absolute Gasteiger partial charge is 0.376 e. The number of aromatic nitrogens is 3. The molecule has 0 atom stereocenters. The number of fused-ring (bicyclic) bond motifs is 2. The van der Waals surface area contributed by atoms with Gasteiger partial charge < -0.3 is 4.74 Å². The number of rotatable bonds is 1. The Balaban J connectivity index is 1.86. The predicted molar refractivity (Wildman–Crippen MR) is 81.1 cm³/mol. The summed E-state index contributed by atoms with van der Waals surface area (Å²) in [4.78, 5) is 13.4. The molecule has 0 spiro atoms. The van der Waals surface area contributed by atoms with Gasteiger partial charge in [-0.3, -0.25) is 4.98 Å². The molecule has 2 aromatic heterocycles. The average molecular weight is 298 g/mol. The Kier molecular flexibility index (Phi) is 3.05. The third-order valence-electron chi connectivity index (χ3n) is 3.63. The molecule has 0 N–H and O–H groups in total. The van der Waals surface area contributed by atoms with E-state index in [0.717, 1.165) is 34.1 Å². The van der Waals surface area contributed by atoms with E-state index in [0.29, 0.717) is 24.2 Å². The Morgan fingerprint density at radius 2 is 2.10 bits per heavy atom. The lowest BCUT2D eigenvalue weighted by Gasteiger charge is -2.17. The summed E-state index contributed by atoms with van der Waals surface area (Å²) in [5, 5.41) is 1.55. The SMILES string of the molecule is Clc1nc(-c2ccc3ncccc3c2)nc2c1COCC2. The van der Waals surface area contributed by atoms with E-state index in [2.05, 4.69) is 15.0 Å². The fraction of sp³-hybridized carbons (Fsp3) is 0.188. The summed E-state index contributed by atoms with van der Waals surface area (Å²) in [7, 11) is 0. The van der Waals surface area contributed by atoms with Crippen LogP contribution in [0.25, 0.3) is 22.3 Å². The zero-order valence-corrected chi connectivity index (χ0v) is 12.0. The highest BCUT2D eigenvalue weighted by atomic mass is 35.5. The third-order valence-corrected chi connectivity index (χ3v) is 3.95. The van der Waals surface area contributed by atoms with Gasteiger partial charge in [-0.15, -0.1) is 0 Å². The van der Waals surface area contributed by atoms with Crippen molar-refractivity contribution in [3.8, 4) is 11.4 Å². The van der Waals surface area contributed by atoms with Gasteiger partial charge in [0, 0.05) is 29.1 Å². The number of hydrogen-bond donors (Lipinski definition) is 0. The van der Waals surface area contributed by atoms with E-state index in [-0.39, 0.29) is 0 Å². The van der Waals surface area contributed by atoms with E-state index in [9.17, 15) is 0 Å². The molecule has 104 valence electrons. The van der Waals surface area contributed by atoms with Gasteiger partial charge in [-0.25, -0.2) is 9.97 Å². The van der Waals surface area contributed by atoms with Crippen molar-refractivity contribution in [2.75, 3.05) is 6.61 Å². The summed E-state index contributed by atoms with van der Waals surface area (Å²) in [6.07, 6.45) is 2.56. The van der Waals surface area contributed by atoms with E-state index in [1.54, 1.807) is 6.20 Å². The van der Waals surface area contributed by atoms with Gasteiger partial charge in [0.05, 0.1) is 24.4 Å². The van der Waals surface area contributed by atoms with Crippen molar-refractivity contribution in [3.63, 3.8) is 0 Å². The van der Waals surface area contributed by atoms with Gasteiger partial charge in [-0.1, -0.05) is 17.7 Å². The van der Waals surface area contributed by atoms with Crippen LogP contribution in [-0.4, -0.2) is 21.6 Å². The summed E-state index contributed by atoms with van der Waals surface area (Å²) in [6.45, 7) is 1.18. The van der Waals surface area contributed by atoms with Crippen LogP contribution in [-0.2, 0) is 17.8 Å². The minimum atomic E-state index is 0.487. The predicted octanol–water partition coefficient (Wildman–Crippen LogP) is 3.42. The second-order valence-electron chi connectivity index (χ2n) is 4.98. The summed E-state index contributed by atoms with van der Waals surface area (Å²) in [5.41, 5.74) is 3.81. The first kappa shape index (κ1) is 12.7. The van der Waals surface area contributed by atoms with Crippen LogP contribution in [0.3, 0.4) is 0 Å². The summed E-state index contributed by atoms with van der Waals surface area (Å²) >= 11 is 6.27. The topological polar surface area (TPSA) is 47.9 Å². The number of ether oxygens (including phenoxy) is 1. The Hall–Kier alpha value is -2.04. The Labute approximate surface area is 126 Å². The first-order valence-corrected chi connectivity index (χ1v) is 7.17. The molecule has 0 aliphatic carbocycles. The molecule has 4 nitrogen and oxygen atoms in total. The van der Waals surface area contributed by atoms with Crippen LogP contribution in [0.4, 0.5) is 0 Å². The molecular formula is C16H12ClN3O. The molecule has 0 unspecified atom stereocenters. The Bertz CT molecular complexity index is 835. The highest BCUT2D eigenvalue weighted by Gasteiger charge is 2.17. The highest BCUT2D eigenvalue weighted by Crippen LogP contribution is 2.27. The van der Waals surface area contributed by atoms with Crippen molar-refractivity contribution in [3.05, 3.63) is 52.9 Å². The Morgan fingerprint density at radius 1 is 1.14 bits per heavy atom. The van der Waals surface area contributed by atoms with Crippen LogP contribution in [0, 0.1) is 0 Å². The van der Waals surface area contributed by atoms with Crippen LogP contribution in [0.1, 0.15) is 11.3 Å². The second-order valence-corrected chi connectivity index (χ2v) is 5.33. The van der Waals surface area contributed by atoms with Crippen LogP contribution >= 0.6 is 11.6 Å². The van der Waals surface area contributed by atoms with Crippen molar-refractivity contribution in [2.24, 2.45) is 0 Å². The standard InChI is InChI=1S/C16H12ClN3O/c17-15-12-9-21-7-5-14(12)19-16(20-15)11-3-4-13-10(8-11)2-1-6-18-13/h1-4,6,8H,5,7,9H2. The maximum Gasteiger partial charge on any atom is 0.161 e. The lowest BCUT2D eigenvalue weighted by Crippen LogP contribution is -2.14. The van der Waals surface area contributed by atoms with Crippen molar-refractivity contribution in [2.45, 2.75) is 13.0 Å². The van der Waals surface area contributed by atoms with E-state index in [1.165, 1.54) is 0 Å². The quantitative estimate of drug-likeness (QED) is 0.646. The molecule has 3 heterocycles. The van der Waals surface area contributed by atoms with Crippen LogP contribution in [0.2, 0.25) is 5.15 Å². The zero-order chi connectivity index (χ0) is 14.2. The van der Waals surface area contributed by atoms with Crippen molar-refractivity contribution >= 4 is 22.5 Å². The molecule has 0 amide bonds. The molecule has 5 heteroatoms. The number of benzene rings is 1. The molecule has 0 saturated carbocycles. The first-order chi connectivity index (χ1) is 10.3. The minimum Gasteiger partial charge on any atom is -0.376 e. The number of nitrogens with zero attached hydrogens (tertiary/aromatic N) is 3. The fourth-order valence-electron chi connectivity index (χ4n) is 2.54. The van der Waals surface area contributed by atoms with Crippen molar-refractivity contribution in [1.82, 2.24) is 15.0 Å². The zero-order valence-electron chi connectivity index (χ0n) is 11.2. The smallest absolute Gasteiger partial charge is 0.161 e. The van der Waals surface area contributed by atoms with Gasteiger partial charge in [-0.05, 0) is 24.3 Å². The molecule has 1 aliphatic rings. The normalized spacial score (nSPS) is 14.1. The van der Waals surface area contributed by atoms with Crippen LogP contribution in [0.5, 0.6) is 0 Å². The van der Waals surface area contributed by atoms with Crippen molar-refractivity contribution in [1.29, 1.82) is 0 Å². The molecule has 0 bridgehead atoms. The van der Waals surface area contributed by atoms with Crippen LogP contribution < -0.4 is 0 Å². The van der Waals surface area contributed by atoms with Crippen LogP contribution in [0.15, 0.2) is 36.5 Å². The monoisotopic (exact) mass is 297 g/mol. The summed E-state index contributed by atoms with van der Waals surface area (Å²) in [6, 6.07) is 9.95. The highest BCUT2D eigenvalue weighted by molar-refractivity contribution is 6.30. The van der Waals surface area contributed by atoms with E-state index >= 15 is 0 Å². The van der Waals surface area contributed by atoms with E-state index in [4.69, 9.17) is 16.3 Å². The molecule has 3 aromatic rings. The second kappa shape index (κ2) is 5.06. The van der Waals surface area contributed by atoms with Gasteiger partial charge in [-0.2, -0.15) is 0 Å². The van der Waals surface area contributed by atoms with Gasteiger partial charge in [0.15, 0.2) is 5.82 Å². The maximum atomic E-state index is 6.27. The third kappa shape index (κ3) is 2.26. The molecule has 0 fully saturated rings. The Morgan fingerprint density at radius 3 is 3.05 bits per heavy atom. The lowest BCUT2D eigenvalue weighted by molar-refractivity contribution is 0.109. The van der Waals surface area contributed by atoms with Gasteiger partial charge in [0.2, 0.25) is 0 Å². The molecule has 1 aromatic carbocycles. The first-order valence-electron chi connectivity index (χ1n) is 6.79. The molecule has 0 radical (unpaired) electrons. The van der Waals surface area contributed by atoms with E-state index in [1.807, 2.05) is 30.3 Å². The average Bonchev–Trinajstić information content (AvgIpc) is 2.54. The number of pyridine rings is 1. The minimum absolute atomic E-state index is 0.487. The molecule has 0 saturated heterocycles. The summed E-state index contributed by atoms with van der Waals surface area (Å²) in [5.74, 6) is 0.659. The molecule has 1 aliphatic heterocycles. The lowest BCUT2D eigenvalue weighted by atomic mass is 10.1. The van der Waals surface area contributed by atoms with E-state index < -0.39 is 0 Å². The molecule has 21 heavy (non-hydrogen) atoms. The summed E-state index contributed by atoms with van der Waals surface area (Å²) < 4.78 is 5.41. The molecular weight excluding hydrogens is 286 g/mol. The maximum absolute atomic E-state index is 6.27. The van der Waals surface area contributed by atoms with Crippen molar-refractivity contribution < 1.29 is 4.74 Å². The van der Waals surface area contributed by atoms with Gasteiger partial charge >= 0.3 is 0 Å². The van der Waals surface area contributed by atoms with Gasteiger partial charge in [0.1, 0.15) is 5.15 Å². The fourth-order valence-corrected chi connectivity index (χ4v) is 2.78. The van der Waals surface area contributed by atoms with Gasteiger partial charge in [0.25, 0.3) is 0 Å².